The molecule has 0 amide bonds. The van der Waals surface area contributed by atoms with Gasteiger partial charge in [-0.25, -0.2) is 4.39 Å². The smallest absolute Gasteiger partial charge is 0.142 e. The number of alkyl halides is 1. The summed E-state index contributed by atoms with van der Waals surface area (Å²) in [6.07, 6.45) is 0.860. The highest BCUT2D eigenvalue weighted by atomic mass is 79.9. The van der Waals surface area contributed by atoms with Crippen molar-refractivity contribution in [2.75, 3.05) is 0 Å². The SMILES string of the molecule is Fc1cc(C(Br)Cc2cccs2)ccc1Cl. The third-order valence-corrected chi connectivity index (χ3v) is 4.32. The molecule has 0 nitrogen and oxygen atoms in total. The van der Waals surface area contributed by atoms with Crippen LogP contribution in [0.1, 0.15) is 15.3 Å². The lowest BCUT2D eigenvalue weighted by Crippen LogP contribution is -1.94. The van der Waals surface area contributed by atoms with Crippen LogP contribution < -0.4 is 0 Å². The molecule has 0 fully saturated rings. The molecule has 1 atom stereocenters. The molecule has 16 heavy (non-hydrogen) atoms. The zero-order valence-corrected chi connectivity index (χ0v) is 11.4. The Labute approximate surface area is 111 Å². The quantitative estimate of drug-likeness (QED) is 0.680. The highest BCUT2D eigenvalue weighted by molar-refractivity contribution is 9.09. The minimum Gasteiger partial charge on any atom is -0.205 e. The lowest BCUT2D eigenvalue weighted by atomic mass is 10.1. The number of hydrogen-bond donors (Lipinski definition) is 0. The highest BCUT2D eigenvalue weighted by Crippen LogP contribution is 2.30. The molecule has 0 N–H and O–H groups in total. The van der Waals surface area contributed by atoms with Crippen molar-refractivity contribution < 1.29 is 4.39 Å². The first-order chi connectivity index (χ1) is 7.66. The van der Waals surface area contributed by atoms with Gasteiger partial charge in [-0.05, 0) is 35.6 Å². The van der Waals surface area contributed by atoms with Crippen molar-refractivity contribution in [2.45, 2.75) is 11.2 Å². The number of benzene rings is 1. The number of rotatable bonds is 3. The molecule has 0 spiro atoms. The van der Waals surface area contributed by atoms with Crippen LogP contribution in [0, 0.1) is 5.82 Å². The van der Waals surface area contributed by atoms with Crippen LogP contribution in [0.3, 0.4) is 0 Å². The Morgan fingerprint density at radius 3 is 2.81 bits per heavy atom. The molecule has 0 aliphatic heterocycles. The van der Waals surface area contributed by atoms with E-state index in [0.717, 1.165) is 12.0 Å². The van der Waals surface area contributed by atoms with Crippen molar-refractivity contribution in [2.24, 2.45) is 0 Å². The van der Waals surface area contributed by atoms with Crippen molar-refractivity contribution in [3.8, 4) is 0 Å². The second-order valence-corrected chi connectivity index (χ2v) is 5.97. The van der Waals surface area contributed by atoms with Crippen molar-refractivity contribution in [3.63, 3.8) is 0 Å². The average molecular weight is 320 g/mol. The Hall–Kier alpha value is -0.380. The van der Waals surface area contributed by atoms with Gasteiger partial charge in [0.1, 0.15) is 5.82 Å². The summed E-state index contributed by atoms with van der Waals surface area (Å²) in [4.78, 5) is 1.40. The van der Waals surface area contributed by atoms with E-state index in [1.54, 1.807) is 17.4 Å². The van der Waals surface area contributed by atoms with Gasteiger partial charge in [0.15, 0.2) is 0 Å². The van der Waals surface area contributed by atoms with Gasteiger partial charge in [0, 0.05) is 9.70 Å². The summed E-state index contributed by atoms with van der Waals surface area (Å²) >= 11 is 10.9. The summed E-state index contributed by atoms with van der Waals surface area (Å²) in [5.74, 6) is -0.366. The number of halogens is 3. The average Bonchev–Trinajstić information content (AvgIpc) is 2.74. The molecule has 1 unspecified atom stereocenters. The largest absolute Gasteiger partial charge is 0.205 e. The van der Waals surface area contributed by atoms with Gasteiger partial charge in [0.05, 0.1) is 5.02 Å². The van der Waals surface area contributed by atoms with E-state index in [0.29, 0.717) is 0 Å². The standard InChI is InChI=1S/C12H9BrClFS/c13-10(7-9-2-1-5-16-9)8-3-4-11(14)12(15)6-8/h1-6,10H,7H2. The van der Waals surface area contributed by atoms with Crippen LogP contribution in [0.2, 0.25) is 5.02 Å². The Morgan fingerprint density at radius 2 is 2.19 bits per heavy atom. The molecular weight excluding hydrogens is 311 g/mol. The summed E-state index contributed by atoms with van der Waals surface area (Å²) < 4.78 is 13.3. The summed E-state index contributed by atoms with van der Waals surface area (Å²) in [6.45, 7) is 0. The van der Waals surface area contributed by atoms with E-state index < -0.39 is 0 Å². The fourth-order valence-corrected chi connectivity index (χ4v) is 3.15. The normalized spacial score (nSPS) is 12.7. The molecule has 0 radical (unpaired) electrons. The summed E-state index contributed by atoms with van der Waals surface area (Å²) in [7, 11) is 0. The molecule has 0 aliphatic carbocycles. The van der Waals surface area contributed by atoms with E-state index in [4.69, 9.17) is 11.6 Å². The monoisotopic (exact) mass is 318 g/mol. The van der Waals surface area contributed by atoms with Crippen molar-refractivity contribution >= 4 is 38.9 Å². The van der Waals surface area contributed by atoms with Gasteiger partial charge in [0.25, 0.3) is 0 Å². The molecule has 0 aliphatic rings. The van der Waals surface area contributed by atoms with E-state index in [9.17, 15) is 4.39 Å². The van der Waals surface area contributed by atoms with Gasteiger partial charge in [-0.15, -0.1) is 11.3 Å². The van der Waals surface area contributed by atoms with Crippen LogP contribution >= 0.6 is 38.9 Å². The molecule has 1 aromatic carbocycles. The topological polar surface area (TPSA) is 0 Å². The zero-order valence-electron chi connectivity index (χ0n) is 8.29. The maximum atomic E-state index is 13.3. The summed E-state index contributed by atoms with van der Waals surface area (Å²) in [5, 5.41) is 2.21. The Kier molecular flexibility index (Phi) is 4.00. The summed E-state index contributed by atoms with van der Waals surface area (Å²) in [5.41, 5.74) is 0.912. The summed E-state index contributed by atoms with van der Waals surface area (Å²) in [6, 6.07) is 9.01. The lowest BCUT2D eigenvalue weighted by Gasteiger charge is -2.09. The van der Waals surface area contributed by atoms with Crippen LogP contribution in [-0.4, -0.2) is 0 Å². The third-order valence-electron chi connectivity index (χ3n) is 2.27. The molecular formula is C12H9BrClFS. The predicted octanol–water partition coefficient (Wildman–Crippen LogP) is 5.22. The number of hydrogen-bond acceptors (Lipinski definition) is 1. The zero-order chi connectivity index (χ0) is 11.5. The predicted molar refractivity (Wildman–Crippen MR) is 71.1 cm³/mol. The van der Waals surface area contributed by atoms with Crippen LogP contribution in [-0.2, 0) is 6.42 Å². The molecule has 0 saturated heterocycles. The van der Waals surface area contributed by atoms with Crippen molar-refractivity contribution in [1.82, 2.24) is 0 Å². The molecule has 84 valence electrons. The minimum atomic E-state index is -0.366. The minimum absolute atomic E-state index is 0.123. The van der Waals surface area contributed by atoms with Gasteiger partial charge in [-0.3, -0.25) is 0 Å². The van der Waals surface area contributed by atoms with Crippen LogP contribution in [0.5, 0.6) is 0 Å². The first-order valence-electron chi connectivity index (χ1n) is 4.78. The first kappa shape index (κ1) is 12.1. The molecule has 4 heteroatoms. The van der Waals surface area contributed by atoms with Gasteiger partial charge >= 0.3 is 0 Å². The van der Waals surface area contributed by atoms with Crippen LogP contribution in [0.4, 0.5) is 4.39 Å². The molecule has 1 heterocycles. The highest BCUT2D eigenvalue weighted by Gasteiger charge is 2.11. The second kappa shape index (κ2) is 5.30. The van der Waals surface area contributed by atoms with E-state index >= 15 is 0 Å². The van der Waals surface area contributed by atoms with E-state index in [2.05, 4.69) is 22.0 Å². The fraction of sp³-hybridized carbons (Fsp3) is 0.167. The molecule has 2 aromatic rings. The lowest BCUT2D eigenvalue weighted by molar-refractivity contribution is 0.625. The van der Waals surface area contributed by atoms with E-state index in [1.165, 1.54) is 10.9 Å². The Bertz CT molecular complexity index is 470. The molecule has 0 saturated carbocycles. The third kappa shape index (κ3) is 2.84. The second-order valence-electron chi connectivity index (χ2n) is 3.42. The van der Waals surface area contributed by atoms with Crippen LogP contribution in [0.15, 0.2) is 35.7 Å². The van der Waals surface area contributed by atoms with Gasteiger partial charge in [-0.2, -0.15) is 0 Å². The van der Waals surface area contributed by atoms with E-state index in [1.807, 2.05) is 17.5 Å². The first-order valence-corrected chi connectivity index (χ1v) is 6.95. The Morgan fingerprint density at radius 1 is 1.38 bits per heavy atom. The maximum absolute atomic E-state index is 13.3. The van der Waals surface area contributed by atoms with Crippen molar-refractivity contribution in [3.05, 3.63) is 57.0 Å². The fourth-order valence-electron chi connectivity index (χ4n) is 1.43. The van der Waals surface area contributed by atoms with Crippen molar-refractivity contribution in [1.29, 1.82) is 0 Å². The molecule has 2 rings (SSSR count). The molecule has 1 aromatic heterocycles. The Balaban J connectivity index is 2.14. The van der Waals surface area contributed by atoms with Crippen LogP contribution in [0.25, 0.3) is 0 Å². The van der Waals surface area contributed by atoms with Gasteiger partial charge < -0.3 is 0 Å². The molecule has 0 bridgehead atoms. The number of thiophene rings is 1. The van der Waals surface area contributed by atoms with Gasteiger partial charge in [-0.1, -0.05) is 39.7 Å². The van der Waals surface area contributed by atoms with E-state index in [-0.39, 0.29) is 15.7 Å². The maximum Gasteiger partial charge on any atom is 0.142 e. The van der Waals surface area contributed by atoms with Gasteiger partial charge in [0.2, 0.25) is 0 Å².